The molecule has 8 heteroatoms. The number of hydrogen-bond donors (Lipinski definition) is 0. The van der Waals surface area contributed by atoms with Crippen LogP contribution in [0.15, 0.2) is 48.1 Å². The third-order valence-corrected chi connectivity index (χ3v) is 6.94. The van der Waals surface area contributed by atoms with Gasteiger partial charge in [0.05, 0.1) is 11.5 Å². The fourth-order valence-electron chi connectivity index (χ4n) is 3.15. The smallest absolute Gasteiger partial charge is 0.274 e. The van der Waals surface area contributed by atoms with E-state index < -0.39 is 9.84 Å². The zero-order valence-electron chi connectivity index (χ0n) is 13.4. The summed E-state index contributed by atoms with van der Waals surface area (Å²) in [6, 6.07) is 9.31. The van der Waals surface area contributed by atoms with Crippen LogP contribution in [0.2, 0.25) is 0 Å². The molecule has 1 aliphatic heterocycles. The van der Waals surface area contributed by atoms with Crippen LogP contribution in [0, 0.1) is 0 Å². The van der Waals surface area contributed by atoms with E-state index in [0.717, 1.165) is 10.5 Å². The lowest BCUT2D eigenvalue weighted by atomic mass is 10.1. The molecule has 3 heterocycles. The van der Waals surface area contributed by atoms with Gasteiger partial charge in [0, 0.05) is 30.4 Å². The van der Waals surface area contributed by atoms with Crippen LogP contribution in [-0.4, -0.2) is 46.2 Å². The molecule has 1 atom stereocenters. The monoisotopic (exact) mass is 375 g/mol. The Bertz CT molecular complexity index is 980. The number of fused-ring (bicyclic) bond motifs is 1. The molecule has 3 aromatic rings. The molecule has 1 aliphatic rings. The number of rotatable bonds is 4. The molecule has 1 amide bonds. The zero-order chi connectivity index (χ0) is 17.4. The van der Waals surface area contributed by atoms with Gasteiger partial charge < -0.3 is 4.90 Å². The lowest BCUT2D eigenvalue weighted by molar-refractivity contribution is 0.0675. The van der Waals surface area contributed by atoms with Crippen molar-refractivity contribution in [1.82, 2.24) is 14.3 Å². The number of hydrogen-bond acceptors (Lipinski definition) is 5. The maximum Gasteiger partial charge on any atom is 0.274 e. The van der Waals surface area contributed by atoms with E-state index in [1.807, 2.05) is 46.3 Å². The van der Waals surface area contributed by atoms with Crippen molar-refractivity contribution < 1.29 is 13.2 Å². The molecular formula is C17H17N3O3S2. The quantitative estimate of drug-likeness (QED) is 0.701. The van der Waals surface area contributed by atoms with Gasteiger partial charge in [-0.1, -0.05) is 30.3 Å². The average Bonchev–Trinajstić information content (AvgIpc) is 3.27. The Kier molecular flexibility index (Phi) is 4.09. The number of aromatic nitrogens is 2. The summed E-state index contributed by atoms with van der Waals surface area (Å²) < 4.78 is 25.6. The standard InChI is InChI=1S/C17H17N3O3S2/c21-16(15-11-19-7-8-24-17(19)18-15)20(10-13-4-2-1-3-5-13)14-6-9-25(22,23)12-14/h1-5,7-8,11,14H,6,9-10,12H2/t14-/m1/s1. The highest BCUT2D eigenvalue weighted by Gasteiger charge is 2.35. The average molecular weight is 375 g/mol. The fraction of sp³-hybridized carbons (Fsp3) is 0.294. The molecule has 6 nitrogen and oxygen atoms in total. The van der Waals surface area contributed by atoms with Crippen molar-refractivity contribution in [1.29, 1.82) is 0 Å². The van der Waals surface area contributed by atoms with Crippen LogP contribution in [0.1, 0.15) is 22.5 Å². The van der Waals surface area contributed by atoms with E-state index in [1.54, 1.807) is 11.1 Å². The summed E-state index contributed by atoms with van der Waals surface area (Å²) in [6.07, 6.45) is 4.03. The number of carbonyl (C=O) groups is 1. The van der Waals surface area contributed by atoms with E-state index in [4.69, 9.17) is 0 Å². The van der Waals surface area contributed by atoms with Crippen molar-refractivity contribution in [3.63, 3.8) is 0 Å². The van der Waals surface area contributed by atoms with E-state index in [9.17, 15) is 13.2 Å². The fourth-order valence-corrected chi connectivity index (χ4v) is 5.58. The van der Waals surface area contributed by atoms with Gasteiger partial charge in [-0.3, -0.25) is 9.20 Å². The molecule has 0 N–H and O–H groups in total. The molecule has 1 fully saturated rings. The maximum absolute atomic E-state index is 13.1. The van der Waals surface area contributed by atoms with Gasteiger partial charge in [-0.2, -0.15) is 0 Å². The van der Waals surface area contributed by atoms with Crippen molar-refractivity contribution in [3.05, 3.63) is 59.4 Å². The summed E-state index contributed by atoms with van der Waals surface area (Å²) in [6.45, 7) is 0.380. The molecule has 25 heavy (non-hydrogen) atoms. The Morgan fingerprint density at radius 3 is 2.80 bits per heavy atom. The summed E-state index contributed by atoms with van der Waals surface area (Å²) in [5.41, 5.74) is 1.33. The van der Waals surface area contributed by atoms with Gasteiger partial charge in [0.2, 0.25) is 0 Å². The van der Waals surface area contributed by atoms with Crippen LogP contribution in [-0.2, 0) is 16.4 Å². The summed E-state index contributed by atoms with van der Waals surface area (Å²) in [5, 5.41) is 1.90. The van der Waals surface area contributed by atoms with Crippen LogP contribution in [0.25, 0.3) is 4.96 Å². The second-order valence-corrected chi connectivity index (χ2v) is 9.30. The number of nitrogens with zero attached hydrogens (tertiary/aromatic N) is 3. The van der Waals surface area contributed by atoms with Gasteiger partial charge in [-0.15, -0.1) is 11.3 Å². The van der Waals surface area contributed by atoms with E-state index in [0.29, 0.717) is 18.7 Å². The van der Waals surface area contributed by atoms with Crippen LogP contribution in [0.3, 0.4) is 0 Å². The lowest BCUT2D eigenvalue weighted by Crippen LogP contribution is -2.40. The van der Waals surface area contributed by atoms with Crippen LogP contribution in [0.5, 0.6) is 0 Å². The number of carbonyl (C=O) groups excluding carboxylic acids is 1. The molecule has 2 aromatic heterocycles. The second kappa shape index (κ2) is 6.27. The summed E-state index contributed by atoms with van der Waals surface area (Å²) in [5.74, 6) is -0.0654. The molecule has 0 bridgehead atoms. The molecule has 0 spiro atoms. The number of sulfone groups is 1. The minimum atomic E-state index is -3.08. The van der Waals surface area contributed by atoms with Crippen molar-refractivity contribution >= 4 is 32.0 Å². The normalized spacial score (nSPS) is 19.3. The van der Waals surface area contributed by atoms with E-state index in [-0.39, 0.29) is 23.5 Å². The van der Waals surface area contributed by atoms with Gasteiger partial charge in [0.1, 0.15) is 5.69 Å². The first-order valence-electron chi connectivity index (χ1n) is 7.99. The van der Waals surface area contributed by atoms with E-state index in [1.165, 1.54) is 11.3 Å². The molecule has 130 valence electrons. The zero-order valence-corrected chi connectivity index (χ0v) is 15.0. The summed E-state index contributed by atoms with van der Waals surface area (Å²) in [4.78, 5) is 19.9. The predicted molar refractivity (Wildman–Crippen MR) is 96.4 cm³/mol. The van der Waals surface area contributed by atoms with Crippen LogP contribution in [0.4, 0.5) is 0 Å². The number of imidazole rings is 1. The van der Waals surface area contributed by atoms with Gasteiger partial charge in [-0.25, -0.2) is 13.4 Å². The van der Waals surface area contributed by atoms with Crippen molar-refractivity contribution in [3.8, 4) is 0 Å². The van der Waals surface area contributed by atoms with E-state index >= 15 is 0 Å². The van der Waals surface area contributed by atoms with E-state index in [2.05, 4.69) is 4.98 Å². The van der Waals surface area contributed by atoms with Gasteiger partial charge in [0.25, 0.3) is 5.91 Å². The number of amides is 1. The Labute approximate surface area is 149 Å². The first kappa shape index (κ1) is 16.3. The summed E-state index contributed by atoms with van der Waals surface area (Å²) in [7, 11) is -3.08. The van der Waals surface area contributed by atoms with Crippen molar-refractivity contribution in [2.24, 2.45) is 0 Å². The highest BCUT2D eigenvalue weighted by Crippen LogP contribution is 2.23. The van der Waals surface area contributed by atoms with Crippen molar-refractivity contribution in [2.75, 3.05) is 11.5 Å². The third-order valence-electron chi connectivity index (χ3n) is 4.42. The van der Waals surface area contributed by atoms with Crippen LogP contribution < -0.4 is 0 Å². The first-order chi connectivity index (χ1) is 12.0. The topological polar surface area (TPSA) is 71.8 Å². The first-order valence-corrected chi connectivity index (χ1v) is 10.7. The number of benzene rings is 1. The van der Waals surface area contributed by atoms with Gasteiger partial charge in [-0.05, 0) is 12.0 Å². The molecule has 1 aromatic carbocycles. The Balaban J connectivity index is 1.66. The predicted octanol–water partition coefficient (Wildman–Crippen LogP) is 2.23. The molecule has 0 unspecified atom stereocenters. The molecule has 0 aliphatic carbocycles. The van der Waals surface area contributed by atoms with Gasteiger partial charge >= 0.3 is 0 Å². The summed E-state index contributed by atoms with van der Waals surface area (Å²) >= 11 is 1.46. The van der Waals surface area contributed by atoms with Gasteiger partial charge in [0.15, 0.2) is 14.8 Å². The second-order valence-electron chi connectivity index (χ2n) is 6.19. The van der Waals surface area contributed by atoms with Crippen LogP contribution >= 0.6 is 11.3 Å². The molecule has 0 saturated carbocycles. The maximum atomic E-state index is 13.1. The number of thiazole rings is 1. The minimum Gasteiger partial charge on any atom is -0.329 e. The third kappa shape index (κ3) is 3.32. The lowest BCUT2D eigenvalue weighted by Gasteiger charge is -2.27. The highest BCUT2D eigenvalue weighted by atomic mass is 32.2. The highest BCUT2D eigenvalue weighted by molar-refractivity contribution is 7.91. The van der Waals surface area contributed by atoms with Crippen molar-refractivity contribution in [2.45, 2.75) is 19.0 Å². The minimum absolute atomic E-state index is 0.0216. The molecule has 0 radical (unpaired) electrons. The molecular weight excluding hydrogens is 358 g/mol. The Morgan fingerprint density at radius 1 is 1.32 bits per heavy atom. The SMILES string of the molecule is O=C(c1cn2ccsc2n1)N(Cc1ccccc1)[C@@H]1CCS(=O)(=O)C1. The Morgan fingerprint density at radius 2 is 2.12 bits per heavy atom. The largest absolute Gasteiger partial charge is 0.329 e. The molecule has 4 rings (SSSR count). The molecule has 1 saturated heterocycles. The Hall–Kier alpha value is -2.19.